The van der Waals surface area contributed by atoms with Gasteiger partial charge in [-0.1, -0.05) is 38.5 Å². The van der Waals surface area contributed by atoms with E-state index in [-0.39, 0.29) is 17.0 Å². The van der Waals surface area contributed by atoms with Crippen molar-refractivity contribution in [2.75, 3.05) is 0 Å². The minimum Gasteiger partial charge on any atom is -0.198 e. The van der Waals surface area contributed by atoms with Gasteiger partial charge in [0, 0.05) is 0 Å². The first-order chi connectivity index (χ1) is 8.79. The maximum Gasteiger partial charge on any atom is 0.0974 e. The lowest BCUT2D eigenvalue weighted by molar-refractivity contribution is 0.120. The maximum absolute atomic E-state index is 9.57. The van der Waals surface area contributed by atoms with Gasteiger partial charge in [0.2, 0.25) is 0 Å². The molecule has 3 rings (SSSR count). The van der Waals surface area contributed by atoms with Crippen molar-refractivity contribution in [2.45, 2.75) is 81.7 Å². The molecule has 0 aromatic heterocycles. The fourth-order valence-corrected chi connectivity index (χ4v) is 4.18. The van der Waals surface area contributed by atoms with Gasteiger partial charge in [0.25, 0.3) is 0 Å². The highest BCUT2D eigenvalue weighted by Crippen LogP contribution is 2.49. The van der Waals surface area contributed by atoms with Crippen LogP contribution in [-0.2, 0) is 0 Å². The zero-order chi connectivity index (χ0) is 12.5. The first-order valence-electron chi connectivity index (χ1n) is 7.62. The molecule has 98 valence electrons. The molecule has 1 atom stereocenters. The fraction of sp³-hybridized carbons (Fsp3) is 0.933. The van der Waals surface area contributed by atoms with Crippen molar-refractivity contribution >= 4 is 0 Å². The van der Waals surface area contributed by atoms with Gasteiger partial charge >= 0.3 is 0 Å². The third-order valence-corrected chi connectivity index (χ3v) is 5.35. The summed E-state index contributed by atoms with van der Waals surface area (Å²) in [6.45, 7) is 0. The van der Waals surface area contributed by atoms with Crippen LogP contribution in [0.2, 0.25) is 0 Å². The van der Waals surface area contributed by atoms with Gasteiger partial charge in [-0.15, -0.1) is 0 Å². The van der Waals surface area contributed by atoms with Crippen LogP contribution in [0.1, 0.15) is 70.6 Å². The Morgan fingerprint density at radius 1 is 0.833 bits per heavy atom. The van der Waals surface area contributed by atoms with E-state index in [1.165, 1.54) is 38.5 Å². The topological polar surface area (TPSA) is 48.5 Å². The lowest BCUT2D eigenvalue weighted by Crippen LogP contribution is -2.46. The van der Waals surface area contributed by atoms with Gasteiger partial charge in [-0.25, -0.2) is 0 Å². The molecule has 3 nitrogen and oxygen atoms in total. The van der Waals surface area contributed by atoms with E-state index in [0.717, 1.165) is 32.1 Å². The Bertz CT molecular complexity index is 368. The Morgan fingerprint density at radius 3 is 2.06 bits per heavy atom. The van der Waals surface area contributed by atoms with Crippen molar-refractivity contribution in [2.24, 2.45) is 16.1 Å². The molecular weight excluding hydrogens is 222 g/mol. The van der Waals surface area contributed by atoms with Gasteiger partial charge < -0.3 is 0 Å². The number of hydrogen-bond acceptors (Lipinski definition) is 3. The van der Waals surface area contributed by atoms with E-state index in [1.54, 1.807) is 0 Å². The maximum atomic E-state index is 9.57. The molecule has 3 aliphatic rings. The second-order valence-corrected chi connectivity index (χ2v) is 6.54. The summed E-state index contributed by atoms with van der Waals surface area (Å²) in [6, 6.07) is 2.58. The first-order valence-corrected chi connectivity index (χ1v) is 7.62. The Kier molecular flexibility index (Phi) is 3.13. The molecule has 1 aliphatic heterocycles. The zero-order valence-corrected chi connectivity index (χ0v) is 11.2. The number of nitriles is 1. The molecule has 0 bridgehead atoms. The van der Waals surface area contributed by atoms with Crippen molar-refractivity contribution in [3.05, 3.63) is 0 Å². The van der Waals surface area contributed by atoms with Crippen LogP contribution in [0.15, 0.2) is 10.2 Å². The third kappa shape index (κ3) is 1.96. The monoisotopic (exact) mass is 245 g/mol. The van der Waals surface area contributed by atoms with Crippen LogP contribution in [0.3, 0.4) is 0 Å². The van der Waals surface area contributed by atoms with Crippen LogP contribution in [0.5, 0.6) is 0 Å². The predicted octanol–water partition coefficient (Wildman–Crippen LogP) is 4.39. The van der Waals surface area contributed by atoms with Crippen LogP contribution in [0, 0.1) is 17.2 Å². The van der Waals surface area contributed by atoms with Crippen molar-refractivity contribution in [3.63, 3.8) is 0 Å². The zero-order valence-electron chi connectivity index (χ0n) is 11.2. The van der Waals surface area contributed by atoms with E-state index in [4.69, 9.17) is 10.2 Å². The summed E-state index contributed by atoms with van der Waals surface area (Å²) in [5.74, 6) is 0.119. The summed E-state index contributed by atoms with van der Waals surface area (Å²) in [5.41, 5.74) is -0.0585. The van der Waals surface area contributed by atoms with Crippen LogP contribution in [0.4, 0.5) is 0 Å². The van der Waals surface area contributed by atoms with Crippen molar-refractivity contribution in [1.82, 2.24) is 0 Å². The highest BCUT2D eigenvalue weighted by molar-refractivity contribution is 5.12. The number of hydrogen-bond donors (Lipinski definition) is 0. The first kappa shape index (κ1) is 12.1. The fourth-order valence-electron chi connectivity index (χ4n) is 4.18. The summed E-state index contributed by atoms with van der Waals surface area (Å²) in [7, 11) is 0. The summed E-state index contributed by atoms with van der Waals surface area (Å²) >= 11 is 0. The molecule has 0 saturated heterocycles. The summed E-state index contributed by atoms with van der Waals surface area (Å²) in [4.78, 5) is 0. The van der Waals surface area contributed by atoms with Gasteiger partial charge in [-0.2, -0.15) is 15.5 Å². The second kappa shape index (κ2) is 4.64. The standard InChI is InChI=1S/C15H23N3/c16-12-13-11-14(7-3-1-4-8-14)17-18-15(13)9-5-2-6-10-15/h13H,1-11H2. The molecule has 0 aromatic rings. The van der Waals surface area contributed by atoms with E-state index in [1.807, 2.05) is 0 Å². The average Bonchev–Trinajstić information content (AvgIpc) is 2.44. The SMILES string of the molecule is N#CC1CC2(CCCCC2)N=NC12CCCCC2. The summed E-state index contributed by atoms with van der Waals surface area (Å²) in [6.07, 6.45) is 13.1. The number of azo groups is 1. The van der Waals surface area contributed by atoms with E-state index in [0.29, 0.717) is 0 Å². The predicted molar refractivity (Wildman–Crippen MR) is 70.2 cm³/mol. The van der Waals surface area contributed by atoms with Crippen LogP contribution >= 0.6 is 0 Å². The lowest BCUT2D eigenvalue weighted by Gasteiger charge is -2.45. The van der Waals surface area contributed by atoms with E-state index in [2.05, 4.69) is 6.07 Å². The quantitative estimate of drug-likeness (QED) is 0.624. The van der Waals surface area contributed by atoms with Gasteiger partial charge in [0.05, 0.1) is 23.1 Å². The molecule has 0 radical (unpaired) electrons. The molecule has 1 unspecified atom stereocenters. The molecule has 2 aliphatic carbocycles. The van der Waals surface area contributed by atoms with E-state index in [9.17, 15) is 5.26 Å². The Morgan fingerprint density at radius 2 is 1.44 bits per heavy atom. The van der Waals surface area contributed by atoms with Crippen LogP contribution in [0.25, 0.3) is 0 Å². The third-order valence-electron chi connectivity index (χ3n) is 5.35. The molecule has 18 heavy (non-hydrogen) atoms. The molecule has 0 aromatic carbocycles. The highest BCUT2D eigenvalue weighted by Gasteiger charge is 2.49. The normalized spacial score (nSPS) is 33.4. The summed E-state index contributed by atoms with van der Waals surface area (Å²) < 4.78 is 0. The van der Waals surface area contributed by atoms with E-state index >= 15 is 0 Å². The molecule has 0 N–H and O–H groups in total. The lowest BCUT2D eigenvalue weighted by atomic mass is 9.66. The van der Waals surface area contributed by atoms with Crippen LogP contribution in [-0.4, -0.2) is 11.1 Å². The Balaban J connectivity index is 1.86. The Labute approximate surface area is 110 Å². The minimum atomic E-state index is -0.101. The number of rotatable bonds is 0. The highest BCUT2D eigenvalue weighted by atomic mass is 15.2. The van der Waals surface area contributed by atoms with Crippen molar-refractivity contribution in [3.8, 4) is 6.07 Å². The minimum absolute atomic E-state index is 0.0430. The molecule has 2 spiro atoms. The van der Waals surface area contributed by atoms with Gasteiger partial charge in [-0.05, 0) is 32.1 Å². The Hall–Kier alpha value is -0.910. The number of nitrogens with zero attached hydrogens (tertiary/aromatic N) is 3. The van der Waals surface area contributed by atoms with E-state index < -0.39 is 0 Å². The summed E-state index contributed by atoms with van der Waals surface area (Å²) in [5, 5.41) is 19.1. The largest absolute Gasteiger partial charge is 0.198 e. The molecule has 1 heterocycles. The second-order valence-electron chi connectivity index (χ2n) is 6.54. The van der Waals surface area contributed by atoms with Crippen molar-refractivity contribution < 1.29 is 0 Å². The molecule has 2 fully saturated rings. The van der Waals surface area contributed by atoms with Crippen LogP contribution < -0.4 is 0 Å². The molecule has 0 amide bonds. The average molecular weight is 245 g/mol. The smallest absolute Gasteiger partial charge is 0.0974 e. The molecular formula is C15H23N3. The van der Waals surface area contributed by atoms with Crippen molar-refractivity contribution in [1.29, 1.82) is 5.26 Å². The molecule has 2 saturated carbocycles. The van der Waals surface area contributed by atoms with Gasteiger partial charge in [0.1, 0.15) is 0 Å². The van der Waals surface area contributed by atoms with Gasteiger partial charge in [0.15, 0.2) is 0 Å². The molecule has 3 heteroatoms. The van der Waals surface area contributed by atoms with Gasteiger partial charge in [-0.3, -0.25) is 0 Å².